The third-order valence-electron chi connectivity index (χ3n) is 6.10. The van der Waals surface area contributed by atoms with Crippen molar-refractivity contribution >= 4 is 34.6 Å². The van der Waals surface area contributed by atoms with Crippen molar-refractivity contribution in [1.82, 2.24) is 30.0 Å². The van der Waals surface area contributed by atoms with E-state index < -0.39 is 9.85 Å². The predicted octanol–water partition coefficient (Wildman–Crippen LogP) is 3.12. The van der Waals surface area contributed by atoms with Gasteiger partial charge in [0, 0.05) is 35.6 Å². The number of carbonyl (C=O) groups is 2. The Kier molecular flexibility index (Phi) is 9.46. The lowest BCUT2D eigenvalue weighted by Crippen LogP contribution is -2.19. The van der Waals surface area contributed by atoms with Crippen molar-refractivity contribution in [2.45, 2.75) is 26.3 Å². The summed E-state index contributed by atoms with van der Waals surface area (Å²) in [5.74, 6) is 0.328. The van der Waals surface area contributed by atoms with Crippen LogP contribution in [0, 0.1) is 20.2 Å². The molecule has 2 N–H and O–H groups in total. The van der Waals surface area contributed by atoms with Crippen LogP contribution in [-0.2, 0) is 35.9 Å². The van der Waals surface area contributed by atoms with Crippen LogP contribution in [0.4, 0.5) is 22.7 Å². The van der Waals surface area contributed by atoms with Crippen molar-refractivity contribution < 1.29 is 28.9 Å². The van der Waals surface area contributed by atoms with Gasteiger partial charge in [0.25, 0.3) is 11.4 Å². The lowest BCUT2D eigenvalue weighted by molar-refractivity contribution is -0.385. The van der Waals surface area contributed by atoms with Crippen molar-refractivity contribution in [3.05, 3.63) is 117 Å². The highest BCUT2D eigenvalue weighted by molar-refractivity contribution is 5.91. The number of non-ortho nitro benzene ring substituents is 2. The van der Waals surface area contributed by atoms with Gasteiger partial charge in [0.15, 0.2) is 0 Å². The minimum atomic E-state index is -0.522. The van der Waals surface area contributed by atoms with Crippen molar-refractivity contribution in [2.75, 3.05) is 10.6 Å². The van der Waals surface area contributed by atoms with E-state index in [0.29, 0.717) is 34.3 Å². The largest absolute Gasteiger partial charge is 0.487 e. The second-order valence-corrected chi connectivity index (χ2v) is 9.57. The Morgan fingerprint density at radius 1 is 0.630 bits per heavy atom. The molecule has 46 heavy (non-hydrogen) atoms. The molecule has 0 unspecified atom stereocenters. The van der Waals surface area contributed by atoms with Gasteiger partial charge in [0.1, 0.15) is 49.2 Å². The van der Waals surface area contributed by atoms with Crippen LogP contribution in [0.25, 0.3) is 0 Å². The Morgan fingerprint density at radius 3 is 1.35 bits per heavy atom. The molecular formula is C28H24N10O8. The first kappa shape index (κ1) is 30.7. The SMILES string of the molecule is O=C(Cn1cc(COc2ccc(OCc3cn(CC(=O)Nc4ccc([N+](=O)[O-])cc4)nn3)cc2)nn1)Nc1ccc([N+](=O)[O-])cc1. The van der Waals surface area contributed by atoms with Gasteiger partial charge in [-0.2, -0.15) is 0 Å². The van der Waals surface area contributed by atoms with Gasteiger partial charge in [-0.25, -0.2) is 9.36 Å². The third-order valence-corrected chi connectivity index (χ3v) is 6.10. The third kappa shape index (κ3) is 8.66. The van der Waals surface area contributed by atoms with Gasteiger partial charge in [-0.05, 0) is 48.5 Å². The van der Waals surface area contributed by atoms with E-state index in [1.807, 2.05) is 0 Å². The number of rotatable bonds is 14. The molecule has 234 valence electrons. The van der Waals surface area contributed by atoms with E-state index >= 15 is 0 Å². The highest BCUT2D eigenvalue weighted by atomic mass is 16.6. The summed E-state index contributed by atoms with van der Waals surface area (Å²) >= 11 is 0. The molecular weight excluding hydrogens is 604 g/mol. The zero-order chi connectivity index (χ0) is 32.5. The summed E-state index contributed by atoms with van der Waals surface area (Å²) in [7, 11) is 0. The Bertz CT molecular complexity index is 1700. The molecule has 18 nitrogen and oxygen atoms in total. The second kappa shape index (κ2) is 14.2. The van der Waals surface area contributed by atoms with Crippen LogP contribution < -0.4 is 20.1 Å². The maximum absolute atomic E-state index is 12.3. The fraction of sp³-hybridized carbons (Fsp3) is 0.143. The molecule has 2 amide bonds. The van der Waals surface area contributed by atoms with Crippen molar-refractivity contribution in [1.29, 1.82) is 0 Å². The predicted molar refractivity (Wildman–Crippen MR) is 159 cm³/mol. The molecule has 0 saturated heterocycles. The molecule has 0 saturated carbocycles. The normalized spacial score (nSPS) is 10.6. The van der Waals surface area contributed by atoms with Crippen LogP contribution in [0.5, 0.6) is 11.5 Å². The highest BCUT2D eigenvalue weighted by Gasteiger charge is 2.11. The standard InChI is InChI=1S/C28H24N10O8/c39-27(29-19-1-5-23(6-2-19)37(41)42)15-35-13-21(31-33-35)17-45-25-9-11-26(12-10-25)46-18-22-14-36(34-32-22)16-28(40)30-20-3-7-24(8-4-20)38(43)44/h1-14H,15-18H2,(H,29,39)(H,30,40). The van der Waals surface area contributed by atoms with E-state index in [9.17, 15) is 29.8 Å². The number of carbonyl (C=O) groups excluding carboxylic acids is 2. The molecule has 2 aromatic heterocycles. The average Bonchev–Trinajstić information content (AvgIpc) is 3.69. The zero-order valence-electron chi connectivity index (χ0n) is 23.8. The Labute approximate surface area is 258 Å². The van der Waals surface area contributed by atoms with E-state index in [1.165, 1.54) is 57.9 Å². The van der Waals surface area contributed by atoms with E-state index in [1.54, 1.807) is 36.7 Å². The van der Waals surface area contributed by atoms with Crippen molar-refractivity contribution in [3.8, 4) is 11.5 Å². The first-order valence-electron chi connectivity index (χ1n) is 13.4. The number of nitrogens with zero attached hydrogens (tertiary/aromatic N) is 8. The Balaban J connectivity index is 1.02. The topological polar surface area (TPSA) is 224 Å². The molecule has 0 aliphatic heterocycles. The van der Waals surface area contributed by atoms with E-state index in [-0.39, 0.29) is 49.5 Å². The number of aromatic nitrogens is 6. The molecule has 18 heteroatoms. The summed E-state index contributed by atoms with van der Waals surface area (Å²) in [6.45, 7) is -0.0194. The summed E-state index contributed by atoms with van der Waals surface area (Å²) in [5, 5.41) is 42.6. The van der Waals surface area contributed by atoms with Gasteiger partial charge < -0.3 is 20.1 Å². The molecule has 2 heterocycles. The number of amides is 2. The second-order valence-electron chi connectivity index (χ2n) is 9.57. The maximum atomic E-state index is 12.3. The Morgan fingerprint density at radius 2 is 1.00 bits per heavy atom. The number of anilines is 2. The summed E-state index contributed by atoms with van der Waals surface area (Å²) in [5.41, 5.74) is 1.67. The highest BCUT2D eigenvalue weighted by Crippen LogP contribution is 2.20. The van der Waals surface area contributed by atoms with E-state index in [2.05, 4.69) is 31.3 Å². The number of ether oxygens (including phenoxy) is 2. The van der Waals surface area contributed by atoms with E-state index in [0.717, 1.165) is 0 Å². The first-order chi connectivity index (χ1) is 22.2. The summed E-state index contributed by atoms with van der Waals surface area (Å²) in [6.07, 6.45) is 3.14. The zero-order valence-corrected chi connectivity index (χ0v) is 23.8. The van der Waals surface area contributed by atoms with Crippen LogP contribution in [0.2, 0.25) is 0 Å². The van der Waals surface area contributed by atoms with Gasteiger partial charge in [-0.3, -0.25) is 29.8 Å². The lowest BCUT2D eigenvalue weighted by atomic mass is 10.3. The van der Waals surface area contributed by atoms with Crippen LogP contribution in [0.3, 0.4) is 0 Å². The average molecular weight is 629 g/mol. The van der Waals surface area contributed by atoms with Crippen molar-refractivity contribution in [2.24, 2.45) is 0 Å². The molecule has 5 aromatic rings. The fourth-order valence-corrected chi connectivity index (χ4v) is 3.94. The molecule has 0 atom stereocenters. The maximum Gasteiger partial charge on any atom is 0.269 e. The van der Waals surface area contributed by atoms with Gasteiger partial charge in [0.2, 0.25) is 11.8 Å². The van der Waals surface area contributed by atoms with Gasteiger partial charge in [-0.1, -0.05) is 10.4 Å². The monoisotopic (exact) mass is 628 g/mol. The minimum Gasteiger partial charge on any atom is -0.487 e. The number of benzene rings is 3. The molecule has 3 aromatic carbocycles. The number of nitro groups is 2. The van der Waals surface area contributed by atoms with Crippen LogP contribution in [-0.4, -0.2) is 51.6 Å². The van der Waals surface area contributed by atoms with E-state index in [4.69, 9.17) is 9.47 Å². The lowest BCUT2D eigenvalue weighted by Gasteiger charge is -2.07. The molecule has 0 fully saturated rings. The number of hydrogen-bond acceptors (Lipinski definition) is 12. The fourth-order valence-electron chi connectivity index (χ4n) is 3.94. The van der Waals surface area contributed by atoms with Gasteiger partial charge in [0.05, 0.1) is 22.2 Å². The van der Waals surface area contributed by atoms with Crippen molar-refractivity contribution in [3.63, 3.8) is 0 Å². The first-order valence-corrected chi connectivity index (χ1v) is 13.4. The molecule has 0 spiro atoms. The molecule has 0 radical (unpaired) electrons. The van der Waals surface area contributed by atoms with Crippen LogP contribution in [0.1, 0.15) is 11.4 Å². The van der Waals surface area contributed by atoms with Gasteiger partial charge in [-0.15, -0.1) is 10.2 Å². The minimum absolute atomic E-state index is 0.0765. The molecule has 0 aliphatic carbocycles. The molecule has 0 aliphatic rings. The smallest absolute Gasteiger partial charge is 0.269 e. The number of nitro benzene ring substituents is 2. The summed E-state index contributed by atoms with van der Waals surface area (Å²) < 4.78 is 14.2. The number of hydrogen-bond donors (Lipinski definition) is 2. The molecule has 0 bridgehead atoms. The van der Waals surface area contributed by atoms with Crippen LogP contribution >= 0.6 is 0 Å². The summed E-state index contributed by atoms with van der Waals surface area (Å²) in [4.78, 5) is 45.0. The number of nitrogens with one attached hydrogen (secondary N) is 2. The van der Waals surface area contributed by atoms with Crippen LogP contribution in [0.15, 0.2) is 85.2 Å². The van der Waals surface area contributed by atoms with Gasteiger partial charge >= 0.3 is 0 Å². The Hall–Kier alpha value is -6.72. The quantitative estimate of drug-likeness (QED) is 0.134. The molecule has 5 rings (SSSR count). The summed E-state index contributed by atoms with van der Waals surface area (Å²) in [6, 6.07) is 17.8.